The molecule has 0 radical (unpaired) electrons. The lowest BCUT2D eigenvalue weighted by Crippen LogP contribution is -2.20. The number of alkyl halides is 1. The van der Waals surface area contributed by atoms with Gasteiger partial charge in [-0.25, -0.2) is 4.39 Å². The monoisotopic (exact) mass is 288 g/mol. The third-order valence-corrected chi connectivity index (χ3v) is 4.38. The van der Waals surface area contributed by atoms with E-state index in [-0.39, 0.29) is 17.6 Å². The predicted molar refractivity (Wildman–Crippen MR) is 68.2 cm³/mol. The molecular weight excluding hydrogens is 271 g/mol. The molecule has 106 valence electrons. The lowest BCUT2D eigenvalue weighted by Gasteiger charge is -2.12. The van der Waals surface area contributed by atoms with Crippen LogP contribution in [0.3, 0.4) is 0 Å². The molecule has 1 saturated heterocycles. The Kier molecular flexibility index (Phi) is 4.54. The van der Waals surface area contributed by atoms with Crippen molar-refractivity contribution in [1.82, 2.24) is 0 Å². The van der Waals surface area contributed by atoms with Crippen LogP contribution in [0.25, 0.3) is 0 Å². The first-order valence-corrected chi connectivity index (χ1v) is 7.59. The van der Waals surface area contributed by atoms with E-state index in [4.69, 9.17) is 8.92 Å². The topological polar surface area (TPSA) is 52.6 Å². The highest BCUT2D eigenvalue weighted by Gasteiger charge is 2.27. The van der Waals surface area contributed by atoms with Gasteiger partial charge in [-0.15, -0.1) is 0 Å². The molecule has 1 aliphatic heterocycles. The molecule has 0 N–H and O–H groups in total. The van der Waals surface area contributed by atoms with Gasteiger partial charge in [0.1, 0.15) is 6.67 Å². The zero-order valence-electron chi connectivity index (χ0n) is 10.7. The first kappa shape index (κ1) is 14.4. The summed E-state index contributed by atoms with van der Waals surface area (Å²) in [5.74, 6) is 0. The number of halogens is 1. The first-order valence-electron chi connectivity index (χ1n) is 6.19. The fourth-order valence-corrected chi connectivity index (χ4v) is 2.89. The minimum atomic E-state index is -3.76. The normalized spacial score (nSPS) is 23.7. The molecule has 2 unspecified atom stereocenters. The van der Waals surface area contributed by atoms with Gasteiger partial charge >= 0.3 is 0 Å². The van der Waals surface area contributed by atoms with E-state index in [0.29, 0.717) is 12.8 Å². The van der Waals surface area contributed by atoms with Crippen molar-refractivity contribution in [2.75, 3.05) is 13.3 Å². The summed E-state index contributed by atoms with van der Waals surface area (Å²) in [5.41, 5.74) is 0.976. The maximum Gasteiger partial charge on any atom is 0.297 e. The Balaban J connectivity index is 1.93. The fraction of sp³-hybridized carbons (Fsp3) is 0.538. The molecule has 19 heavy (non-hydrogen) atoms. The van der Waals surface area contributed by atoms with Crippen LogP contribution in [0, 0.1) is 6.92 Å². The van der Waals surface area contributed by atoms with E-state index < -0.39 is 22.9 Å². The molecule has 0 aliphatic carbocycles. The van der Waals surface area contributed by atoms with Crippen LogP contribution < -0.4 is 0 Å². The smallest absolute Gasteiger partial charge is 0.297 e. The molecule has 1 aromatic carbocycles. The van der Waals surface area contributed by atoms with E-state index in [9.17, 15) is 12.8 Å². The van der Waals surface area contributed by atoms with Gasteiger partial charge in [-0.2, -0.15) is 8.42 Å². The van der Waals surface area contributed by atoms with Crippen molar-refractivity contribution < 1.29 is 21.7 Å². The number of aryl methyl sites for hydroxylation is 1. The minimum absolute atomic E-state index is 0.0628. The molecular formula is C13H17FO4S. The minimum Gasteiger partial charge on any atom is -0.370 e. The van der Waals surface area contributed by atoms with Gasteiger partial charge < -0.3 is 4.74 Å². The van der Waals surface area contributed by atoms with E-state index in [1.54, 1.807) is 12.1 Å². The molecule has 1 aliphatic rings. The van der Waals surface area contributed by atoms with E-state index in [0.717, 1.165) is 5.56 Å². The summed E-state index contributed by atoms with van der Waals surface area (Å²) in [6.07, 6.45) is 0.462. The van der Waals surface area contributed by atoms with Crippen LogP contribution in [0.2, 0.25) is 0 Å². The zero-order chi connectivity index (χ0) is 13.9. The third-order valence-electron chi connectivity index (χ3n) is 3.09. The highest BCUT2D eigenvalue weighted by Crippen LogP contribution is 2.22. The lowest BCUT2D eigenvalue weighted by atomic mass is 10.2. The summed E-state index contributed by atoms with van der Waals surface area (Å²) in [4.78, 5) is 0.123. The van der Waals surface area contributed by atoms with Gasteiger partial charge in [0.2, 0.25) is 0 Å². The van der Waals surface area contributed by atoms with Crippen LogP contribution in [0.15, 0.2) is 29.2 Å². The maximum absolute atomic E-state index is 12.4. The van der Waals surface area contributed by atoms with Gasteiger partial charge in [0, 0.05) is 0 Å². The second kappa shape index (κ2) is 5.98. The fourth-order valence-electron chi connectivity index (χ4n) is 1.95. The molecule has 1 heterocycles. The van der Waals surface area contributed by atoms with Crippen molar-refractivity contribution in [3.05, 3.63) is 29.8 Å². The van der Waals surface area contributed by atoms with Crippen molar-refractivity contribution in [2.24, 2.45) is 0 Å². The summed E-state index contributed by atoms with van der Waals surface area (Å²) in [7, 11) is -3.76. The van der Waals surface area contributed by atoms with Crippen LogP contribution >= 0.6 is 0 Å². The highest BCUT2D eigenvalue weighted by molar-refractivity contribution is 7.86. The number of benzene rings is 1. The Hall–Kier alpha value is -0.980. The van der Waals surface area contributed by atoms with Gasteiger partial charge in [0.15, 0.2) is 0 Å². The van der Waals surface area contributed by atoms with Crippen molar-refractivity contribution in [3.8, 4) is 0 Å². The number of hydrogen-bond donors (Lipinski definition) is 0. The largest absolute Gasteiger partial charge is 0.370 e. The van der Waals surface area contributed by atoms with Gasteiger partial charge in [0.25, 0.3) is 10.1 Å². The van der Waals surface area contributed by atoms with Crippen LogP contribution in [0.1, 0.15) is 18.4 Å². The van der Waals surface area contributed by atoms with Gasteiger partial charge in [-0.3, -0.25) is 4.18 Å². The molecule has 1 fully saturated rings. The van der Waals surface area contributed by atoms with Crippen molar-refractivity contribution in [3.63, 3.8) is 0 Å². The molecule has 1 aromatic rings. The molecule has 0 bridgehead atoms. The van der Waals surface area contributed by atoms with Crippen LogP contribution in [0.4, 0.5) is 4.39 Å². The SMILES string of the molecule is Cc1ccc(S(=O)(=O)OCC2CCC(CF)O2)cc1. The van der Waals surface area contributed by atoms with Gasteiger partial charge in [0.05, 0.1) is 23.7 Å². The van der Waals surface area contributed by atoms with Gasteiger partial charge in [-0.05, 0) is 31.9 Å². The molecule has 2 rings (SSSR count). The molecule has 4 nitrogen and oxygen atoms in total. The molecule has 0 aromatic heterocycles. The van der Waals surface area contributed by atoms with E-state index >= 15 is 0 Å². The number of rotatable bonds is 5. The Morgan fingerprint density at radius 2 is 1.89 bits per heavy atom. The zero-order valence-corrected chi connectivity index (χ0v) is 11.5. The Morgan fingerprint density at radius 1 is 1.26 bits per heavy atom. The average molecular weight is 288 g/mol. The Morgan fingerprint density at radius 3 is 2.47 bits per heavy atom. The summed E-state index contributed by atoms with van der Waals surface area (Å²) in [6, 6.07) is 6.43. The van der Waals surface area contributed by atoms with Crippen molar-refractivity contribution >= 4 is 10.1 Å². The van der Waals surface area contributed by atoms with Gasteiger partial charge in [-0.1, -0.05) is 17.7 Å². The number of ether oxygens (including phenoxy) is 1. The maximum atomic E-state index is 12.4. The average Bonchev–Trinajstić information content (AvgIpc) is 2.85. The molecule has 2 atom stereocenters. The summed E-state index contributed by atoms with van der Waals surface area (Å²) in [6.45, 7) is 1.27. The summed E-state index contributed by atoms with van der Waals surface area (Å²) < 4.78 is 46.4. The second-order valence-electron chi connectivity index (χ2n) is 4.66. The molecule has 0 spiro atoms. The molecule has 0 amide bonds. The van der Waals surface area contributed by atoms with Crippen molar-refractivity contribution in [2.45, 2.75) is 36.9 Å². The second-order valence-corrected chi connectivity index (χ2v) is 6.28. The van der Waals surface area contributed by atoms with Crippen LogP contribution in [-0.2, 0) is 19.0 Å². The Labute approximate surface area is 112 Å². The van der Waals surface area contributed by atoms with Crippen LogP contribution in [0.5, 0.6) is 0 Å². The summed E-state index contributed by atoms with van der Waals surface area (Å²) >= 11 is 0. The van der Waals surface area contributed by atoms with E-state index in [1.165, 1.54) is 12.1 Å². The third kappa shape index (κ3) is 3.75. The summed E-state index contributed by atoms with van der Waals surface area (Å²) in [5, 5.41) is 0. The first-order chi connectivity index (χ1) is 9.01. The highest BCUT2D eigenvalue weighted by atomic mass is 32.2. The van der Waals surface area contributed by atoms with Crippen LogP contribution in [-0.4, -0.2) is 33.9 Å². The number of hydrogen-bond acceptors (Lipinski definition) is 4. The quantitative estimate of drug-likeness (QED) is 0.780. The standard InChI is InChI=1S/C13H17FO4S/c1-10-2-6-13(7-3-10)19(15,16)17-9-12-5-4-11(8-14)18-12/h2-3,6-7,11-12H,4-5,8-9H2,1H3. The predicted octanol–water partition coefficient (Wildman–Crippen LogP) is 2.22. The molecule has 6 heteroatoms. The van der Waals surface area contributed by atoms with Crippen molar-refractivity contribution in [1.29, 1.82) is 0 Å². The van der Waals surface area contributed by atoms with E-state index in [2.05, 4.69) is 0 Å². The molecule has 0 saturated carbocycles. The van der Waals surface area contributed by atoms with E-state index in [1.807, 2.05) is 6.92 Å². The lowest BCUT2D eigenvalue weighted by molar-refractivity contribution is 0.00889. The Bertz CT molecular complexity index is 512.